The molecule has 28 heavy (non-hydrogen) atoms. The van der Waals surface area contributed by atoms with Gasteiger partial charge in [-0.1, -0.05) is 0 Å². The van der Waals surface area contributed by atoms with E-state index in [1.54, 1.807) is 13.2 Å². The van der Waals surface area contributed by atoms with E-state index in [0.717, 1.165) is 90.3 Å². The molecular formula is C19H32IN5O3. The van der Waals surface area contributed by atoms with Crippen molar-refractivity contribution in [2.24, 2.45) is 4.99 Å². The van der Waals surface area contributed by atoms with E-state index in [-0.39, 0.29) is 29.9 Å². The minimum Gasteiger partial charge on any atom is -0.469 e. The van der Waals surface area contributed by atoms with Crippen molar-refractivity contribution in [1.29, 1.82) is 0 Å². The van der Waals surface area contributed by atoms with E-state index >= 15 is 0 Å². The van der Waals surface area contributed by atoms with Crippen LogP contribution < -0.4 is 5.32 Å². The minimum atomic E-state index is 0. The lowest BCUT2D eigenvalue weighted by Crippen LogP contribution is -2.53. The van der Waals surface area contributed by atoms with E-state index in [9.17, 15) is 4.79 Å². The number of hydrogen-bond acceptors (Lipinski definition) is 5. The Kier molecular flexibility index (Phi) is 10.1. The van der Waals surface area contributed by atoms with Gasteiger partial charge in [-0.3, -0.25) is 14.7 Å². The highest BCUT2D eigenvalue weighted by Crippen LogP contribution is 2.04. The monoisotopic (exact) mass is 505 g/mol. The summed E-state index contributed by atoms with van der Waals surface area (Å²) in [6.45, 7) is 10.8. The molecule has 0 atom stereocenters. The van der Waals surface area contributed by atoms with Crippen LogP contribution in [0.2, 0.25) is 0 Å². The van der Waals surface area contributed by atoms with Gasteiger partial charge < -0.3 is 24.3 Å². The summed E-state index contributed by atoms with van der Waals surface area (Å²) in [4.78, 5) is 22.9. The van der Waals surface area contributed by atoms with Gasteiger partial charge in [-0.2, -0.15) is 0 Å². The van der Waals surface area contributed by atoms with Crippen molar-refractivity contribution in [2.75, 3.05) is 72.1 Å². The fourth-order valence-corrected chi connectivity index (χ4v) is 3.38. The first kappa shape index (κ1) is 23.0. The number of ether oxygens (including phenoxy) is 1. The summed E-state index contributed by atoms with van der Waals surface area (Å²) in [7, 11) is 0. The summed E-state index contributed by atoms with van der Waals surface area (Å²) in [5.74, 6) is 2.04. The van der Waals surface area contributed by atoms with Crippen LogP contribution in [0.3, 0.4) is 0 Å². The van der Waals surface area contributed by atoms with Crippen molar-refractivity contribution in [1.82, 2.24) is 20.0 Å². The number of furan rings is 1. The topological polar surface area (TPSA) is 73.6 Å². The predicted molar refractivity (Wildman–Crippen MR) is 119 cm³/mol. The zero-order valence-corrected chi connectivity index (χ0v) is 19.0. The maximum atomic E-state index is 11.6. The molecule has 1 amide bonds. The molecule has 0 spiro atoms. The summed E-state index contributed by atoms with van der Waals surface area (Å²) < 4.78 is 10.8. The number of hydrogen-bond donors (Lipinski definition) is 1. The second kappa shape index (κ2) is 12.3. The molecule has 9 heteroatoms. The second-order valence-electron chi connectivity index (χ2n) is 6.91. The number of nitrogens with one attached hydrogen (secondary N) is 1. The molecule has 3 heterocycles. The number of guanidine groups is 1. The van der Waals surface area contributed by atoms with Gasteiger partial charge in [0.2, 0.25) is 5.91 Å². The smallest absolute Gasteiger partial charge is 0.219 e. The number of nitrogens with zero attached hydrogens (tertiary/aromatic N) is 4. The average Bonchev–Trinajstić information content (AvgIpc) is 3.21. The zero-order chi connectivity index (χ0) is 18.9. The molecular weight excluding hydrogens is 473 g/mol. The fourth-order valence-electron chi connectivity index (χ4n) is 3.38. The Bertz CT molecular complexity index is 597. The Morgan fingerprint density at radius 1 is 1.14 bits per heavy atom. The number of piperazine rings is 1. The summed E-state index contributed by atoms with van der Waals surface area (Å²) in [6.07, 6.45) is 2.52. The van der Waals surface area contributed by atoms with Crippen LogP contribution in [0.4, 0.5) is 0 Å². The van der Waals surface area contributed by atoms with Crippen molar-refractivity contribution in [2.45, 2.75) is 13.3 Å². The number of aliphatic imine (C=N–C) groups is 1. The largest absolute Gasteiger partial charge is 0.469 e. The molecule has 1 aromatic rings. The molecule has 0 radical (unpaired) electrons. The molecule has 2 fully saturated rings. The van der Waals surface area contributed by atoms with Crippen LogP contribution in [0.1, 0.15) is 12.7 Å². The maximum absolute atomic E-state index is 11.6. The molecule has 3 rings (SSSR count). The molecule has 2 aliphatic rings. The number of amides is 1. The highest BCUT2D eigenvalue weighted by atomic mass is 127. The third-order valence-corrected chi connectivity index (χ3v) is 5.04. The van der Waals surface area contributed by atoms with E-state index in [0.29, 0.717) is 0 Å². The van der Waals surface area contributed by atoms with E-state index in [1.165, 1.54) is 0 Å². The Balaban J connectivity index is 0.00000280. The summed E-state index contributed by atoms with van der Waals surface area (Å²) >= 11 is 0. The van der Waals surface area contributed by atoms with E-state index in [4.69, 9.17) is 14.1 Å². The first-order valence-electron chi connectivity index (χ1n) is 9.83. The van der Waals surface area contributed by atoms with Crippen LogP contribution >= 0.6 is 24.0 Å². The Morgan fingerprint density at radius 3 is 2.50 bits per heavy atom. The number of carbonyl (C=O) groups is 1. The normalized spacial score (nSPS) is 18.7. The molecule has 2 aliphatic heterocycles. The van der Waals surface area contributed by atoms with Crippen molar-refractivity contribution >= 4 is 35.8 Å². The summed E-state index contributed by atoms with van der Waals surface area (Å²) in [5, 5.41) is 3.48. The summed E-state index contributed by atoms with van der Waals surface area (Å²) in [5.41, 5.74) is 0. The number of rotatable bonds is 6. The van der Waals surface area contributed by atoms with Crippen LogP contribution in [0, 0.1) is 0 Å². The number of carbonyl (C=O) groups excluding carboxylic acids is 1. The first-order chi connectivity index (χ1) is 13.2. The van der Waals surface area contributed by atoms with Crippen LogP contribution in [0.15, 0.2) is 27.8 Å². The SMILES string of the molecule is CC(=O)N1CCN(C(=NCCN2CCOCC2)NCCc2ccco2)CC1.I. The highest BCUT2D eigenvalue weighted by molar-refractivity contribution is 14.0. The van der Waals surface area contributed by atoms with Gasteiger partial charge in [0.1, 0.15) is 5.76 Å². The van der Waals surface area contributed by atoms with Crippen LogP contribution in [0.5, 0.6) is 0 Å². The van der Waals surface area contributed by atoms with Gasteiger partial charge in [-0.25, -0.2) is 0 Å². The lowest BCUT2D eigenvalue weighted by Gasteiger charge is -2.36. The van der Waals surface area contributed by atoms with Gasteiger partial charge in [0.25, 0.3) is 0 Å². The molecule has 1 N–H and O–H groups in total. The Morgan fingerprint density at radius 2 is 1.86 bits per heavy atom. The van der Waals surface area contributed by atoms with Gasteiger partial charge in [0.15, 0.2) is 5.96 Å². The second-order valence-corrected chi connectivity index (χ2v) is 6.91. The molecule has 0 unspecified atom stereocenters. The van der Waals surface area contributed by atoms with Crippen molar-refractivity contribution in [3.63, 3.8) is 0 Å². The predicted octanol–water partition coefficient (Wildman–Crippen LogP) is 0.882. The Hall–Kier alpha value is -1.33. The quantitative estimate of drug-likeness (QED) is 0.352. The molecule has 158 valence electrons. The van der Waals surface area contributed by atoms with E-state index < -0.39 is 0 Å². The molecule has 0 aliphatic carbocycles. The zero-order valence-electron chi connectivity index (χ0n) is 16.6. The lowest BCUT2D eigenvalue weighted by molar-refractivity contribution is -0.130. The molecule has 2 saturated heterocycles. The third-order valence-electron chi connectivity index (χ3n) is 5.04. The van der Waals surface area contributed by atoms with Crippen LogP contribution in [-0.2, 0) is 16.0 Å². The molecule has 0 saturated carbocycles. The van der Waals surface area contributed by atoms with Crippen molar-refractivity contribution in [3.8, 4) is 0 Å². The highest BCUT2D eigenvalue weighted by Gasteiger charge is 2.21. The van der Waals surface area contributed by atoms with Gasteiger partial charge in [0, 0.05) is 65.7 Å². The van der Waals surface area contributed by atoms with Crippen molar-refractivity contribution < 1.29 is 13.9 Å². The van der Waals surface area contributed by atoms with Crippen LogP contribution in [-0.4, -0.2) is 98.7 Å². The average molecular weight is 505 g/mol. The van der Waals surface area contributed by atoms with Crippen LogP contribution in [0.25, 0.3) is 0 Å². The molecule has 8 nitrogen and oxygen atoms in total. The summed E-state index contributed by atoms with van der Waals surface area (Å²) in [6, 6.07) is 3.90. The lowest BCUT2D eigenvalue weighted by atomic mass is 10.3. The Labute approximate surface area is 184 Å². The standard InChI is InChI=1S/C19H31N5O3.HI/c1-17(25)23-8-10-24(11-9-23)19(20-5-4-18-3-2-14-27-18)21-6-7-22-12-15-26-16-13-22;/h2-3,14H,4-13,15-16H2,1H3,(H,20,21);1H. The van der Waals surface area contributed by atoms with Gasteiger partial charge >= 0.3 is 0 Å². The molecule has 1 aromatic heterocycles. The fraction of sp³-hybridized carbons (Fsp3) is 0.684. The van der Waals surface area contributed by atoms with E-state index in [1.807, 2.05) is 17.0 Å². The minimum absolute atomic E-state index is 0. The van der Waals surface area contributed by atoms with Gasteiger partial charge in [0.05, 0.1) is 26.0 Å². The third kappa shape index (κ3) is 7.25. The maximum Gasteiger partial charge on any atom is 0.219 e. The van der Waals surface area contributed by atoms with Gasteiger partial charge in [-0.15, -0.1) is 24.0 Å². The van der Waals surface area contributed by atoms with Crippen molar-refractivity contribution in [3.05, 3.63) is 24.2 Å². The molecule has 0 bridgehead atoms. The number of halogens is 1. The van der Waals surface area contributed by atoms with E-state index in [2.05, 4.69) is 15.1 Å². The number of morpholine rings is 1. The first-order valence-corrected chi connectivity index (χ1v) is 9.83. The molecule has 0 aromatic carbocycles. The van der Waals surface area contributed by atoms with Gasteiger partial charge in [-0.05, 0) is 12.1 Å².